The van der Waals surface area contributed by atoms with Gasteiger partial charge in [-0.15, -0.1) is 0 Å². The molecule has 8 heteroatoms. The van der Waals surface area contributed by atoms with Gasteiger partial charge >= 0.3 is 12.0 Å². The minimum absolute atomic E-state index is 0.0734. The molecule has 0 saturated carbocycles. The van der Waals surface area contributed by atoms with Crippen molar-refractivity contribution in [3.05, 3.63) is 0 Å². The molecular formula is C11H20N4O4. The topological polar surface area (TPSA) is 125 Å². The van der Waals surface area contributed by atoms with Crippen molar-refractivity contribution in [3.8, 4) is 0 Å². The van der Waals surface area contributed by atoms with Crippen LogP contribution in [-0.4, -0.2) is 60.1 Å². The summed E-state index contributed by atoms with van der Waals surface area (Å²) in [7, 11) is 1.62. The summed E-state index contributed by atoms with van der Waals surface area (Å²) in [5.41, 5.74) is 4.95. The summed E-state index contributed by atoms with van der Waals surface area (Å²) in [6, 6.07) is -1.71. The fourth-order valence-corrected chi connectivity index (χ4v) is 2.01. The van der Waals surface area contributed by atoms with E-state index in [1.165, 1.54) is 4.90 Å². The molecule has 1 heterocycles. The number of amides is 3. The van der Waals surface area contributed by atoms with Crippen LogP contribution in [-0.2, 0) is 9.59 Å². The second-order valence-electron chi connectivity index (χ2n) is 4.60. The summed E-state index contributed by atoms with van der Waals surface area (Å²) in [6.07, 6.45) is 1.22. The fourth-order valence-electron chi connectivity index (χ4n) is 2.01. The van der Waals surface area contributed by atoms with Gasteiger partial charge in [-0.05, 0) is 25.9 Å². The van der Waals surface area contributed by atoms with E-state index in [1.807, 2.05) is 0 Å². The Kier molecular flexibility index (Phi) is 5.56. The minimum atomic E-state index is -1.28. The number of rotatable bonds is 5. The molecule has 0 bridgehead atoms. The third-order valence-corrected chi connectivity index (χ3v) is 3.18. The first kappa shape index (κ1) is 15.2. The first-order valence-corrected chi connectivity index (χ1v) is 6.17. The summed E-state index contributed by atoms with van der Waals surface area (Å²) in [5, 5.41) is 14.4. The van der Waals surface area contributed by atoms with E-state index >= 15 is 0 Å². The number of nitrogens with zero attached hydrogens (tertiary/aromatic N) is 1. The number of urea groups is 1. The lowest BCUT2D eigenvalue weighted by Crippen LogP contribution is -2.52. The maximum Gasteiger partial charge on any atom is 0.326 e. The maximum absolute atomic E-state index is 11.9. The van der Waals surface area contributed by atoms with Gasteiger partial charge in [0.2, 0.25) is 5.91 Å². The molecule has 0 aromatic rings. The van der Waals surface area contributed by atoms with Gasteiger partial charge in [-0.3, -0.25) is 4.79 Å². The van der Waals surface area contributed by atoms with E-state index < -0.39 is 30.4 Å². The van der Waals surface area contributed by atoms with Crippen LogP contribution in [0.3, 0.4) is 0 Å². The number of carboxylic acids is 1. The van der Waals surface area contributed by atoms with Crippen LogP contribution in [0.2, 0.25) is 0 Å². The zero-order chi connectivity index (χ0) is 14.4. The zero-order valence-electron chi connectivity index (χ0n) is 10.9. The largest absolute Gasteiger partial charge is 0.480 e. The smallest absolute Gasteiger partial charge is 0.326 e. The van der Waals surface area contributed by atoms with E-state index in [9.17, 15) is 14.4 Å². The molecule has 0 aliphatic carbocycles. The van der Waals surface area contributed by atoms with Crippen molar-refractivity contribution in [1.29, 1.82) is 0 Å². The third kappa shape index (κ3) is 4.74. The van der Waals surface area contributed by atoms with Gasteiger partial charge in [0.25, 0.3) is 0 Å². The lowest BCUT2D eigenvalue weighted by molar-refractivity contribution is -0.141. The van der Waals surface area contributed by atoms with Crippen molar-refractivity contribution in [2.45, 2.75) is 31.3 Å². The SMILES string of the molecule is CN(C(=O)NC(CC(N)=O)C(=O)O)C1CCNCC1. The molecule has 19 heavy (non-hydrogen) atoms. The molecule has 0 aromatic heterocycles. The zero-order valence-corrected chi connectivity index (χ0v) is 10.9. The second-order valence-corrected chi connectivity index (χ2v) is 4.60. The van der Waals surface area contributed by atoms with Crippen molar-refractivity contribution in [2.75, 3.05) is 20.1 Å². The molecule has 3 amide bonds. The van der Waals surface area contributed by atoms with E-state index in [0.717, 1.165) is 25.9 Å². The van der Waals surface area contributed by atoms with E-state index in [2.05, 4.69) is 10.6 Å². The second kappa shape index (κ2) is 6.93. The van der Waals surface area contributed by atoms with Crippen molar-refractivity contribution < 1.29 is 19.5 Å². The Morgan fingerprint density at radius 2 is 2.00 bits per heavy atom. The molecule has 1 aliphatic heterocycles. The van der Waals surface area contributed by atoms with Crippen molar-refractivity contribution in [3.63, 3.8) is 0 Å². The molecule has 5 N–H and O–H groups in total. The number of carbonyl (C=O) groups is 3. The molecule has 0 radical (unpaired) electrons. The van der Waals surface area contributed by atoms with Crippen LogP contribution in [0.5, 0.6) is 0 Å². The Morgan fingerprint density at radius 3 is 2.47 bits per heavy atom. The molecule has 108 valence electrons. The normalized spacial score (nSPS) is 17.5. The van der Waals surface area contributed by atoms with Crippen molar-refractivity contribution in [1.82, 2.24) is 15.5 Å². The minimum Gasteiger partial charge on any atom is -0.480 e. The van der Waals surface area contributed by atoms with Crippen LogP contribution < -0.4 is 16.4 Å². The Balaban J connectivity index is 2.55. The van der Waals surface area contributed by atoms with Crippen LogP contribution in [0.1, 0.15) is 19.3 Å². The summed E-state index contributed by atoms with van der Waals surface area (Å²) in [5.74, 6) is -2.04. The predicted octanol–water partition coefficient (Wildman–Crippen LogP) is -1.29. The van der Waals surface area contributed by atoms with Crippen molar-refractivity contribution in [2.24, 2.45) is 5.73 Å². The highest BCUT2D eigenvalue weighted by Gasteiger charge is 2.27. The number of primary amides is 1. The van der Waals surface area contributed by atoms with Gasteiger partial charge in [-0.2, -0.15) is 0 Å². The molecule has 1 saturated heterocycles. The maximum atomic E-state index is 11.9. The summed E-state index contributed by atoms with van der Waals surface area (Å²) in [6.45, 7) is 1.65. The van der Waals surface area contributed by atoms with Gasteiger partial charge in [-0.1, -0.05) is 0 Å². The number of nitrogens with two attached hydrogens (primary N) is 1. The average Bonchev–Trinajstić information content (AvgIpc) is 2.37. The van der Waals surface area contributed by atoms with Gasteiger partial charge in [0.15, 0.2) is 0 Å². The first-order chi connectivity index (χ1) is 8.91. The first-order valence-electron chi connectivity index (χ1n) is 6.17. The summed E-state index contributed by atoms with van der Waals surface area (Å²) in [4.78, 5) is 35.1. The van der Waals surface area contributed by atoms with E-state index in [1.54, 1.807) is 7.05 Å². The molecule has 0 aromatic carbocycles. The van der Waals surface area contributed by atoms with Crippen LogP contribution >= 0.6 is 0 Å². The Hall–Kier alpha value is -1.83. The van der Waals surface area contributed by atoms with Crippen LogP contribution in [0.4, 0.5) is 4.79 Å². The number of nitrogens with one attached hydrogen (secondary N) is 2. The molecule has 1 fully saturated rings. The highest BCUT2D eigenvalue weighted by atomic mass is 16.4. The number of aliphatic carboxylic acids is 1. The van der Waals surface area contributed by atoms with Crippen LogP contribution in [0, 0.1) is 0 Å². The van der Waals surface area contributed by atoms with Gasteiger partial charge in [0.1, 0.15) is 6.04 Å². The Morgan fingerprint density at radius 1 is 1.42 bits per heavy atom. The lowest BCUT2D eigenvalue weighted by atomic mass is 10.1. The van der Waals surface area contributed by atoms with E-state index in [4.69, 9.17) is 10.8 Å². The lowest BCUT2D eigenvalue weighted by Gasteiger charge is -2.32. The number of hydrogen-bond acceptors (Lipinski definition) is 4. The van der Waals surface area contributed by atoms with Crippen LogP contribution in [0.15, 0.2) is 0 Å². The number of carbonyl (C=O) groups excluding carboxylic acids is 2. The summed E-state index contributed by atoms with van der Waals surface area (Å²) >= 11 is 0. The summed E-state index contributed by atoms with van der Waals surface area (Å²) < 4.78 is 0. The molecule has 1 aliphatic rings. The van der Waals surface area contributed by atoms with E-state index in [-0.39, 0.29) is 6.04 Å². The number of piperidine rings is 1. The molecule has 1 atom stereocenters. The predicted molar refractivity (Wildman–Crippen MR) is 67.4 cm³/mol. The monoisotopic (exact) mass is 272 g/mol. The van der Waals surface area contributed by atoms with E-state index in [0.29, 0.717) is 0 Å². The fraction of sp³-hybridized carbons (Fsp3) is 0.727. The van der Waals surface area contributed by atoms with Crippen LogP contribution in [0.25, 0.3) is 0 Å². The van der Waals surface area contributed by atoms with Crippen molar-refractivity contribution >= 4 is 17.9 Å². The van der Waals surface area contributed by atoms with Gasteiger partial charge < -0.3 is 26.4 Å². The van der Waals surface area contributed by atoms with Gasteiger partial charge in [0.05, 0.1) is 6.42 Å². The average molecular weight is 272 g/mol. The molecular weight excluding hydrogens is 252 g/mol. The Labute approximate surface area is 111 Å². The van der Waals surface area contributed by atoms with Gasteiger partial charge in [-0.25, -0.2) is 9.59 Å². The number of hydrogen-bond donors (Lipinski definition) is 4. The highest BCUT2D eigenvalue weighted by molar-refractivity contribution is 5.87. The highest BCUT2D eigenvalue weighted by Crippen LogP contribution is 2.10. The Bertz CT molecular complexity index is 355. The third-order valence-electron chi connectivity index (χ3n) is 3.18. The molecule has 1 rings (SSSR count). The molecule has 0 spiro atoms. The number of carboxylic acid groups (broad SMARTS) is 1. The standard InChI is InChI=1S/C11H20N4O4/c1-15(7-2-4-13-5-3-7)11(19)14-8(10(17)18)6-9(12)16/h7-8,13H,2-6H2,1H3,(H2,12,16)(H,14,19)(H,17,18). The molecule has 1 unspecified atom stereocenters. The quantitative estimate of drug-likeness (QED) is 0.495. The molecule has 8 nitrogen and oxygen atoms in total. The van der Waals surface area contributed by atoms with Gasteiger partial charge in [0, 0.05) is 13.1 Å².